The zero-order valence-electron chi connectivity index (χ0n) is 16.3. The number of carbonyl (C=O) groups is 1. The molecule has 150 valence electrons. The van der Waals surface area contributed by atoms with Crippen LogP contribution in [0.5, 0.6) is 5.75 Å². The molecule has 8 nitrogen and oxygen atoms in total. The van der Waals surface area contributed by atoms with E-state index in [9.17, 15) is 9.59 Å². The van der Waals surface area contributed by atoms with Crippen molar-refractivity contribution in [3.63, 3.8) is 0 Å². The maximum Gasteiger partial charge on any atom is 0.367 e. The van der Waals surface area contributed by atoms with Crippen molar-refractivity contribution in [2.45, 2.75) is 19.9 Å². The van der Waals surface area contributed by atoms with Gasteiger partial charge >= 0.3 is 11.7 Å². The highest BCUT2D eigenvalue weighted by molar-refractivity contribution is 5.79. The van der Waals surface area contributed by atoms with Crippen LogP contribution in [0.2, 0.25) is 0 Å². The number of hydrogen-bond donors (Lipinski definition) is 0. The lowest BCUT2D eigenvalue weighted by Gasteiger charge is -2.01. The van der Waals surface area contributed by atoms with Crippen LogP contribution < -0.4 is 10.4 Å². The van der Waals surface area contributed by atoms with Crippen molar-refractivity contribution in [3.8, 4) is 5.75 Å². The Balaban J connectivity index is 1.93. The van der Waals surface area contributed by atoms with Crippen LogP contribution in [0.1, 0.15) is 23.9 Å². The summed E-state index contributed by atoms with van der Waals surface area (Å²) >= 11 is 0. The molecular weight excluding hydrogens is 372 g/mol. The molecule has 0 atom stereocenters. The zero-order valence-corrected chi connectivity index (χ0v) is 16.3. The van der Waals surface area contributed by atoms with Gasteiger partial charge in [-0.25, -0.2) is 9.48 Å². The Kier molecular flexibility index (Phi) is 6.57. The van der Waals surface area contributed by atoms with Crippen molar-refractivity contribution in [2.24, 2.45) is 5.10 Å². The molecule has 2 aromatic carbocycles. The topological polar surface area (TPSA) is 87.7 Å². The van der Waals surface area contributed by atoms with Gasteiger partial charge < -0.3 is 9.47 Å². The minimum Gasteiger partial charge on any atom is -0.497 e. The predicted octanol–water partition coefficient (Wildman–Crippen LogP) is 2.09. The van der Waals surface area contributed by atoms with E-state index in [1.807, 2.05) is 42.5 Å². The third-order valence-electron chi connectivity index (χ3n) is 4.11. The Hall–Kier alpha value is -3.68. The average Bonchev–Trinajstić information content (AvgIpc) is 3.02. The fourth-order valence-electron chi connectivity index (χ4n) is 2.70. The van der Waals surface area contributed by atoms with E-state index in [-0.39, 0.29) is 13.2 Å². The molecule has 0 aliphatic heterocycles. The highest BCUT2D eigenvalue weighted by Gasteiger charge is 2.16. The van der Waals surface area contributed by atoms with Crippen LogP contribution in [-0.2, 0) is 22.5 Å². The molecule has 1 heterocycles. The molecule has 0 aliphatic carbocycles. The largest absolute Gasteiger partial charge is 0.497 e. The molecule has 0 saturated heterocycles. The van der Waals surface area contributed by atoms with Crippen LogP contribution >= 0.6 is 0 Å². The van der Waals surface area contributed by atoms with Crippen LogP contribution in [0.3, 0.4) is 0 Å². The molecule has 0 bridgehead atoms. The van der Waals surface area contributed by atoms with E-state index >= 15 is 0 Å². The normalized spacial score (nSPS) is 11.0. The summed E-state index contributed by atoms with van der Waals surface area (Å²) in [5.41, 5.74) is 1.26. The van der Waals surface area contributed by atoms with E-state index in [1.54, 1.807) is 32.4 Å². The predicted molar refractivity (Wildman–Crippen MR) is 108 cm³/mol. The van der Waals surface area contributed by atoms with Gasteiger partial charge in [-0.3, -0.25) is 4.79 Å². The summed E-state index contributed by atoms with van der Waals surface area (Å²) in [4.78, 5) is 24.6. The first-order valence-electron chi connectivity index (χ1n) is 9.17. The van der Waals surface area contributed by atoms with Crippen LogP contribution in [0.4, 0.5) is 0 Å². The molecular formula is C21H22N4O4. The average molecular weight is 394 g/mol. The van der Waals surface area contributed by atoms with Crippen LogP contribution in [0.15, 0.2) is 64.5 Å². The number of hydrogen-bond acceptors (Lipinski definition) is 6. The number of esters is 1. The maximum absolute atomic E-state index is 12.8. The molecule has 0 unspecified atom stereocenters. The molecule has 0 saturated carbocycles. The first-order chi connectivity index (χ1) is 14.1. The lowest BCUT2D eigenvalue weighted by molar-refractivity contribution is -0.144. The molecule has 0 spiro atoms. The number of ether oxygens (including phenoxy) is 2. The van der Waals surface area contributed by atoms with E-state index in [2.05, 4.69) is 10.2 Å². The molecule has 3 aromatic rings. The molecule has 0 N–H and O–H groups in total. The standard InChI is InChI=1S/C21H22N4O4/c1-3-29-20(26)15-24-21(27)25(19(23-24)13-16-7-5-4-6-8-16)22-14-17-9-11-18(28-2)12-10-17/h4-12,14H,3,13,15H2,1-2H3. The summed E-state index contributed by atoms with van der Waals surface area (Å²) in [5.74, 6) is 0.631. The van der Waals surface area contributed by atoms with Gasteiger partial charge in [0.2, 0.25) is 0 Å². The second-order valence-electron chi connectivity index (χ2n) is 6.15. The molecule has 0 fully saturated rings. The van der Waals surface area contributed by atoms with E-state index in [0.717, 1.165) is 21.6 Å². The number of carbonyl (C=O) groups excluding carboxylic acids is 1. The first kappa shape index (κ1) is 20.1. The third kappa shape index (κ3) is 5.19. The molecule has 0 aliphatic rings. The molecule has 29 heavy (non-hydrogen) atoms. The number of aromatic nitrogens is 3. The van der Waals surface area contributed by atoms with Gasteiger partial charge in [-0.2, -0.15) is 14.9 Å². The third-order valence-corrected chi connectivity index (χ3v) is 4.11. The van der Waals surface area contributed by atoms with E-state index in [1.165, 1.54) is 4.68 Å². The Labute approximate surface area is 168 Å². The van der Waals surface area contributed by atoms with E-state index < -0.39 is 11.7 Å². The fourth-order valence-corrected chi connectivity index (χ4v) is 2.70. The van der Waals surface area contributed by atoms with Crippen molar-refractivity contribution >= 4 is 12.2 Å². The van der Waals surface area contributed by atoms with Gasteiger partial charge in [-0.1, -0.05) is 30.3 Å². The lowest BCUT2D eigenvalue weighted by atomic mass is 10.1. The van der Waals surface area contributed by atoms with E-state index in [4.69, 9.17) is 9.47 Å². The number of rotatable bonds is 8. The molecule has 0 radical (unpaired) electrons. The quantitative estimate of drug-likeness (QED) is 0.431. The van der Waals surface area contributed by atoms with Crippen molar-refractivity contribution in [1.82, 2.24) is 14.5 Å². The number of methoxy groups -OCH3 is 1. The summed E-state index contributed by atoms with van der Waals surface area (Å²) in [6, 6.07) is 16.9. The summed E-state index contributed by atoms with van der Waals surface area (Å²) in [6.45, 7) is 1.68. The van der Waals surface area contributed by atoms with Crippen molar-refractivity contribution < 1.29 is 14.3 Å². The monoisotopic (exact) mass is 394 g/mol. The van der Waals surface area contributed by atoms with Gasteiger partial charge in [0.1, 0.15) is 12.3 Å². The van der Waals surface area contributed by atoms with Gasteiger partial charge in [0.15, 0.2) is 5.82 Å². The molecule has 0 amide bonds. The second-order valence-corrected chi connectivity index (χ2v) is 6.15. The van der Waals surface area contributed by atoms with Gasteiger partial charge in [0.05, 0.1) is 19.9 Å². The smallest absolute Gasteiger partial charge is 0.367 e. The Bertz CT molecular complexity index is 1040. The number of nitrogens with zero attached hydrogens (tertiary/aromatic N) is 4. The molecule has 1 aromatic heterocycles. The van der Waals surface area contributed by atoms with Crippen molar-refractivity contribution in [1.29, 1.82) is 0 Å². The Morgan fingerprint density at radius 2 is 1.86 bits per heavy atom. The SMILES string of the molecule is CCOC(=O)Cn1nc(Cc2ccccc2)n(N=Cc2ccc(OC)cc2)c1=O. The minimum absolute atomic E-state index is 0.237. The minimum atomic E-state index is -0.523. The summed E-state index contributed by atoms with van der Waals surface area (Å²) in [7, 11) is 1.59. The Morgan fingerprint density at radius 1 is 1.14 bits per heavy atom. The lowest BCUT2D eigenvalue weighted by Crippen LogP contribution is -2.27. The van der Waals surface area contributed by atoms with Gasteiger partial charge in [0, 0.05) is 6.42 Å². The van der Waals surface area contributed by atoms with Crippen LogP contribution in [0.25, 0.3) is 0 Å². The Morgan fingerprint density at radius 3 is 2.52 bits per heavy atom. The second kappa shape index (κ2) is 9.50. The fraction of sp³-hybridized carbons (Fsp3) is 0.238. The van der Waals surface area contributed by atoms with Gasteiger partial charge in [0.25, 0.3) is 0 Å². The first-order valence-corrected chi connectivity index (χ1v) is 9.17. The highest BCUT2D eigenvalue weighted by Crippen LogP contribution is 2.10. The number of benzene rings is 2. The molecule has 3 rings (SSSR count). The maximum atomic E-state index is 12.8. The summed E-state index contributed by atoms with van der Waals surface area (Å²) < 4.78 is 12.3. The van der Waals surface area contributed by atoms with Gasteiger partial charge in [-0.15, -0.1) is 0 Å². The summed E-state index contributed by atoms with van der Waals surface area (Å²) in [5, 5.41) is 8.60. The van der Waals surface area contributed by atoms with Crippen LogP contribution in [-0.4, -0.2) is 40.4 Å². The highest BCUT2D eigenvalue weighted by atomic mass is 16.5. The van der Waals surface area contributed by atoms with E-state index in [0.29, 0.717) is 12.2 Å². The van der Waals surface area contributed by atoms with Gasteiger partial charge in [-0.05, 0) is 42.3 Å². The zero-order chi connectivity index (χ0) is 20.6. The van der Waals surface area contributed by atoms with Crippen molar-refractivity contribution in [2.75, 3.05) is 13.7 Å². The molecule has 8 heteroatoms. The van der Waals surface area contributed by atoms with Crippen LogP contribution in [0, 0.1) is 0 Å². The summed E-state index contributed by atoms with van der Waals surface area (Å²) in [6.07, 6.45) is 1.96. The van der Waals surface area contributed by atoms with Crippen molar-refractivity contribution in [3.05, 3.63) is 82.0 Å².